The third-order valence-electron chi connectivity index (χ3n) is 6.79. The molecule has 3 nitrogen and oxygen atoms in total. The van der Waals surface area contributed by atoms with Crippen LogP contribution in [0.5, 0.6) is 0 Å². The van der Waals surface area contributed by atoms with E-state index in [1.165, 1.54) is 106 Å². The second kappa shape index (κ2) is 21.8. The fraction of sp³-hybridized carbons (Fsp3) is 0.645. The maximum Gasteiger partial charge on any atom is 0.111 e. The first-order chi connectivity index (χ1) is 16.8. The smallest absolute Gasteiger partial charge is 0.111 e. The molecule has 0 amide bonds. The molecule has 2 rings (SSSR count). The summed E-state index contributed by atoms with van der Waals surface area (Å²) in [4.78, 5) is 10.6. The van der Waals surface area contributed by atoms with Crippen LogP contribution < -0.4 is 17.5 Å². The standard InChI is InChI=1S/C31H50N2O.ClH/c1-3-5-6-7-8-9-10-11-12-13-14-15-16-21-27-33(34-4-2)28-25-29-22-17-18-23-30(29)31-24-19-20-26-32-31;/h17-20,22-24,26H,3-16,21,25,27-28H2,1-2H3;1H. The van der Waals surface area contributed by atoms with Gasteiger partial charge in [-0.25, -0.2) is 4.84 Å². The van der Waals surface area contributed by atoms with Gasteiger partial charge in [0.1, 0.15) is 19.7 Å². The lowest BCUT2D eigenvalue weighted by Gasteiger charge is -2.18. The Morgan fingerprint density at radius 1 is 0.657 bits per heavy atom. The predicted molar refractivity (Wildman–Crippen MR) is 146 cm³/mol. The summed E-state index contributed by atoms with van der Waals surface area (Å²) < 4.78 is 0. The molecule has 0 spiro atoms. The normalized spacial score (nSPS) is 11.8. The second-order valence-electron chi connectivity index (χ2n) is 9.69. The number of rotatable bonds is 21. The lowest BCUT2D eigenvalue weighted by molar-refractivity contribution is -1.09. The van der Waals surface area contributed by atoms with Crippen molar-refractivity contribution in [1.29, 1.82) is 0 Å². The van der Waals surface area contributed by atoms with Gasteiger partial charge in [-0.15, -0.1) is 0 Å². The molecule has 0 fully saturated rings. The van der Waals surface area contributed by atoms with Crippen LogP contribution in [0.2, 0.25) is 0 Å². The number of hydrogen-bond acceptors (Lipinski definition) is 2. The van der Waals surface area contributed by atoms with E-state index in [2.05, 4.69) is 55.2 Å². The monoisotopic (exact) mass is 502 g/mol. The van der Waals surface area contributed by atoms with Crippen LogP contribution in [0.1, 0.15) is 109 Å². The Balaban J connectivity index is 0.00000612. The van der Waals surface area contributed by atoms with Crippen molar-refractivity contribution in [1.82, 2.24) is 4.98 Å². The Labute approximate surface area is 222 Å². The highest BCUT2D eigenvalue weighted by molar-refractivity contribution is 5.63. The quantitative estimate of drug-likeness (QED) is 0.199. The Morgan fingerprint density at radius 3 is 1.80 bits per heavy atom. The van der Waals surface area contributed by atoms with Crippen LogP contribution in [0, 0.1) is 0 Å². The summed E-state index contributed by atoms with van der Waals surface area (Å²) in [6.07, 6.45) is 22.6. The Hall–Kier alpha value is -1.42. The first kappa shape index (κ1) is 31.6. The molecule has 35 heavy (non-hydrogen) atoms. The Bertz CT molecular complexity index is 725. The summed E-state index contributed by atoms with van der Waals surface area (Å²) in [5.41, 5.74) is 3.66. The van der Waals surface area contributed by atoms with E-state index in [1.54, 1.807) is 0 Å². The average molecular weight is 503 g/mol. The number of unbranched alkanes of at least 4 members (excludes halogenated alkanes) is 13. The van der Waals surface area contributed by atoms with E-state index >= 15 is 0 Å². The lowest BCUT2D eigenvalue weighted by atomic mass is 10.0. The highest BCUT2D eigenvalue weighted by Crippen LogP contribution is 2.21. The van der Waals surface area contributed by atoms with Crippen LogP contribution in [0.25, 0.3) is 11.3 Å². The minimum Gasteiger partial charge on any atom is -1.00 e. The van der Waals surface area contributed by atoms with Gasteiger partial charge in [0.25, 0.3) is 0 Å². The van der Waals surface area contributed by atoms with Gasteiger partial charge in [-0.05, 0) is 37.5 Å². The maximum atomic E-state index is 6.02. The van der Waals surface area contributed by atoms with E-state index in [0.717, 1.165) is 31.8 Å². The maximum absolute atomic E-state index is 6.02. The number of nitrogens with zero attached hydrogens (tertiary/aromatic N) is 1. The van der Waals surface area contributed by atoms with Crippen LogP contribution in [0.3, 0.4) is 0 Å². The van der Waals surface area contributed by atoms with Crippen LogP contribution in [-0.2, 0) is 11.3 Å². The van der Waals surface area contributed by atoms with Crippen molar-refractivity contribution < 1.29 is 22.3 Å². The molecule has 198 valence electrons. The van der Waals surface area contributed by atoms with E-state index < -0.39 is 0 Å². The van der Waals surface area contributed by atoms with E-state index in [4.69, 9.17) is 4.84 Å². The van der Waals surface area contributed by atoms with Crippen molar-refractivity contribution >= 4 is 0 Å². The van der Waals surface area contributed by atoms with Crippen LogP contribution >= 0.6 is 0 Å². The van der Waals surface area contributed by atoms with Crippen molar-refractivity contribution in [2.75, 3.05) is 19.7 Å². The zero-order chi connectivity index (χ0) is 24.1. The Morgan fingerprint density at radius 2 is 1.23 bits per heavy atom. The number of aromatic nitrogens is 1. The van der Waals surface area contributed by atoms with Gasteiger partial charge < -0.3 is 12.4 Å². The van der Waals surface area contributed by atoms with E-state index in [-0.39, 0.29) is 12.4 Å². The van der Waals surface area contributed by atoms with Gasteiger partial charge in [0.05, 0.1) is 5.69 Å². The van der Waals surface area contributed by atoms with Crippen LogP contribution in [-0.4, -0.2) is 24.7 Å². The topological polar surface area (TPSA) is 26.6 Å². The first-order valence-corrected chi connectivity index (χ1v) is 14.3. The molecule has 4 heteroatoms. The molecule has 1 N–H and O–H groups in total. The molecule has 0 saturated carbocycles. The number of halogens is 1. The van der Waals surface area contributed by atoms with E-state index in [9.17, 15) is 0 Å². The number of nitrogens with one attached hydrogen (secondary N) is 1. The number of hydrogen-bond donors (Lipinski definition) is 1. The van der Waals surface area contributed by atoms with Crippen molar-refractivity contribution in [3.63, 3.8) is 0 Å². The van der Waals surface area contributed by atoms with Crippen LogP contribution in [0.4, 0.5) is 0 Å². The molecular weight excluding hydrogens is 452 g/mol. The highest BCUT2D eigenvalue weighted by atomic mass is 35.5. The molecule has 1 atom stereocenters. The molecule has 0 aliphatic rings. The third-order valence-corrected chi connectivity index (χ3v) is 6.79. The van der Waals surface area contributed by atoms with E-state index in [0.29, 0.717) is 0 Å². The first-order valence-electron chi connectivity index (χ1n) is 14.3. The summed E-state index contributed by atoms with van der Waals surface area (Å²) in [6.45, 7) is 7.29. The molecule has 1 heterocycles. The lowest BCUT2D eigenvalue weighted by Crippen LogP contribution is -3.11. The fourth-order valence-corrected chi connectivity index (χ4v) is 4.77. The largest absolute Gasteiger partial charge is 1.00 e. The summed E-state index contributed by atoms with van der Waals surface area (Å²) in [5.74, 6) is 0. The SMILES string of the molecule is CCCCCCCCCCCCCCCC[NH+](CCc1ccccc1-c1ccccn1)OCC.[Cl-]. The van der Waals surface area contributed by atoms with Gasteiger partial charge in [0.15, 0.2) is 0 Å². The number of benzene rings is 1. The van der Waals surface area contributed by atoms with Crippen molar-refractivity contribution in [2.24, 2.45) is 0 Å². The van der Waals surface area contributed by atoms with E-state index in [1.807, 2.05) is 12.3 Å². The number of pyridine rings is 1. The molecule has 1 aromatic heterocycles. The van der Waals surface area contributed by atoms with Gasteiger partial charge in [0, 0.05) is 18.2 Å². The molecule has 0 aliphatic heterocycles. The summed E-state index contributed by atoms with van der Waals surface area (Å²) >= 11 is 0. The van der Waals surface area contributed by atoms with Crippen molar-refractivity contribution in [3.8, 4) is 11.3 Å². The molecule has 0 radical (unpaired) electrons. The summed E-state index contributed by atoms with van der Waals surface area (Å²) in [5, 5.41) is 1.28. The zero-order valence-corrected chi connectivity index (χ0v) is 23.3. The predicted octanol–water partition coefficient (Wildman–Crippen LogP) is 4.61. The molecule has 0 bridgehead atoms. The minimum atomic E-state index is 0. The summed E-state index contributed by atoms with van der Waals surface area (Å²) in [6, 6.07) is 14.8. The molecule has 1 aromatic carbocycles. The highest BCUT2D eigenvalue weighted by Gasteiger charge is 2.12. The fourth-order valence-electron chi connectivity index (χ4n) is 4.77. The van der Waals surface area contributed by atoms with Gasteiger partial charge in [0.2, 0.25) is 0 Å². The van der Waals surface area contributed by atoms with Crippen molar-refractivity contribution in [3.05, 3.63) is 54.2 Å². The van der Waals surface area contributed by atoms with Gasteiger partial charge in [-0.3, -0.25) is 4.98 Å². The molecule has 0 aliphatic carbocycles. The molecule has 0 saturated heterocycles. The molecule has 2 aromatic rings. The zero-order valence-electron chi connectivity index (χ0n) is 22.6. The third kappa shape index (κ3) is 14.7. The number of hydroxylamine groups is 2. The average Bonchev–Trinajstić information content (AvgIpc) is 2.88. The van der Waals surface area contributed by atoms with Crippen LogP contribution in [0.15, 0.2) is 48.7 Å². The molecular formula is C31H51ClN2O. The molecule has 1 unspecified atom stereocenters. The van der Waals surface area contributed by atoms with Gasteiger partial charge in [-0.2, -0.15) is 5.06 Å². The summed E-state index contributed by atoms with van der Waals surface area (Å²) in [7, 11) is 0. The Kier molecular flexibility index (Phi) is 19.7. The van der Waals surface area contributed by atoms with Gasteiger partial charge >= 0.3 is 0 Å². The second-order valence-corrected chi connectivity index (χ2v) is 9.69. The van der Waals surface area contributed by atoms with Crippen molar-refractivity contribution in [2.45, 2.75) is 110 Å². The number of quaternary nitrogens is 1. The van der Waals surface area contributed by atoms with Gasteiger partial charge in [-0.1, -0.05) is 114 Å². The minimum absolute atomic E-state index is 0.